The molecule has 0 saturated carbocycles. The zero-order chi connectivity index (χ0) is 15.3. The van der Waals surface area contributed by atoms with Crippen LogP contribution in [-0.4, -0.2) is 35.7 Å². The van der Waals surface area contributed by atoms with Crippen molar-refractivity contribution in [2.45, 2.75) is 52.4 Å². The topological polar surface area (TPSA) is 80.0 Å². The van der Waals surface area contributed by atoms with E-state index >= 15 is 0 Å². The molecule has 0 spiro atoms. The molecule has 6 nitrogen and oxygen atoms in total. The molecule has 1 amide bonds. The van der Waals surface area contributed by atoms with Gasteiger partial charge in [-0.2, -0.15) is 4.98 Å². The molecular weight excluding hydrogens is 268 g/mol. The minimum atomic E-state index is 0.0547. The van der Waals surface area contributed by atoms with Crippen LogP contribution in [0.1, 0.15) is 57.7 Å². The van der Waals surface area contributed by atoms with Gasteiger partial charge in [0.25, 0.3) is 0 Å². The Morgan fingerprint density at radius 3 is 2.76 bits per heavy atom. The molecule has 118 valence electrons. The fourth-order valence-electron chi connectivity index (χ4n) is 2.43. The maximum Gasteiger partial charge on any atom is 0.227 e. The summed E-state index contributed by atoms with van der Waals surface area (Å²) in [5.41, 5.74) is 0.218. The molecule has 2 heterocycles. The van der Waals surface area contributed by atoms with Crippen molar-refractivity contribution in [1.29, 1.82) is 0 Å². The third-order valence-electron chi connectivity index (χ3n) is 4.09. The third kappa shape index (κ3) is 4.81. The van der Waals surface area contributed by atoms with E-state index in [0.717, 1.165) is 32.5 Å². The molecule has 0 radical (unpaired) electrons. The van der Waals surface area contributed by atoms with Gasteiger partial charge < -0.3 is 15.2 Å². The Morgan fingerprint density at radius 1 is 1.43 bits per heavy atom. The molecular formula is C15H26N4O2. The number of hydrogen-bond acceptors (Lipinski definition) is 5. The van der Waals surface area contributed by atoms with Gasteiger partial charge in [0, 0.05) is 25.3 Å². The number of hydrogen-bond donors (Lipinski definition) is 2. The first-order valence-electron chi connectivity index (χ1n) is 7.78. The first-order chi connectivity index (χ1) is 9.98. The summed E-state index contributed by atoms with van der Waals surface area (Å²) in [6, 6.07) is 0. The van der Waals surface area contributed by atoms with Crippen LogP contribution >= 0.6 is 0 Å². The molecule has 1 saturated heterocycles. The van der Waals surface area contributed by atoms with E-state index in [-0.39, 0.29) is 17.2 Å². The SMILES string of the molecule is CC(C)c1noc(CCC(=O)NCC2(C)CCNCC2)n1. The van der Waals surface area contributed by atoms with Crippen molar-refractivity contribution in [2.75, 3.05) is 19.6 Å². The number of aromatic nitrogens is 2. The smallest absolute Gasteiger partial charge is 0.227 e. The van der Waals surface area contributed by atoms with Crippen LogP contribution < -0.4 is 10.6 Å². The Kier molecular flexibility index (Phi) is 5.33. The largest absolute Gasteiger partial charge is 0.356 e. The highest BCUT2D eigenvalue weighted by Gasteiger charge is 2.26. The zero-order valence-electron chi connectivity index (χ0n) is 13.2. The van der Waals surface area contributed by atoms with Gasteiger partial charge in [0.1, 0.15) is 0 Å². The highest BCUT2D eigenvalue weighted by molar-refractivity contribution is 5.76. The molecule has 2 N–H and O–H groups in total. The predicted molar refractivity (Wildman–Crippen MR) is 79.9 cm³/mol. The quantitative estimate of drug-likeness (QED) is 0.833. The number of carbonyl (C=O) groups is 1. The van der Waals surface area contributed by atoms with Crippen molar-refractivity contribution in [3.63, 3.8) is 0 Å². The molecule has 2 rings (SSSR count). The average molecular weight is 294 g/mol. The molecule has 6 heteroatoms. The number of aryl methyl sites for hydroxylation is 1. The molecule has 21 heavy (non-hydrogen) atoms. The molecule has 0 unspecified atom stereocenters. The van der Waals surface area contributed by atoms with Gasteiger partial charge in [-0.1, -0.05) is 25.9 Å². The Bertz CT molecular complexity index is 464. The minimum absolute atomic E-state index is 0.0547. The van der Waals surface area contributed by atoms with Crippen molar-refractivity contribution in [3.8, 4) is 0 Å². The second-order valence-electron chi connectivity index (χ2n) is 6.54. The number of amides is 1. The first kappa shape index (κ1) is 15.9. The average Bonchev–Trinajstić information content (AvgIpc) is 2.93. The second kappa shape index (κ2) is 7.02. The number of nitrogens with zero attached hydrogens (tertiary/aromatic N) is 2. The van der Waals surface area contributed by atoms with E-state index in [4.69, 9.17) is 4.52 Å². The van der Waals surface area contributed by atoms with E-state index in [0.29, 0.717) is 24.6 Å². The fraction of sp³-hybridized carbons (Fsp3) is 0.800. The monoisotopic (exact) mass is 294 g/mol. The van der Waals surface area contributed by atoms with Crippen molar-refractivity contribution in [1.82, 2.24) is 20.8 Å². The van der Waals surface area contributed by atoms with E-state index in [2.05, 4.69) is 27.7 Å². The van der Waals surface area contributed by atoms with Gasteiger partial charge in [-0.25, -0.2) is 0 Å². The maximum atomic E-state index is 11.9. The van der Waals surface area contributed by atoms with Crippen LogP contribution in [0, 0.1) is 5.41 Å². The van der Waals surface area contributed by atoms with Crippen molar-refractivity contribution in [3.05, 3.63) is 11.7 Å². The van der Waals surface area contributed by atoms with Gasteiger partial charge in [-0.15, -0.1) is 0 Å². The van der Waals surface area contributed by atoms with Crippen LogP contribution in [0.3, 0.4) is 0 Å². The molecule has 1 aliphatic heterocycles. The third-order valence-corrected chi connectivity index (χ3v) is 4.09. The number of carbonyl (C=O) groups excluding carboxylic acids is 1. The summed E-state index contributed by atoms with van der Waals surface area (Å²) in [7, 11) is 0. The van der Waals surface area contributed by atoms with Gasteiger partial charge >= 0.3 is 0 Å². The van der Waals surface area contributed by atoms with Gasteiger partial charge in [0.2, 0.25) is 11.8 Å². The molecule has 0 aliphatic carbocycles. The number of rotatable bonds is 6. The summed E-state index contributed by atoms with van der Waals surface area (Å²) in [4.78, 5) is 16.2. The summed E-state index contributed by atoms with van der Waals surface area (Å²) in [5, 5.41) is 10.3. The number of piperidine rings is 1. The van der Waals surface area contributed by atoms with Crippen LogP contribution in [0.5, 0.6) is 0 Å². The Labute approximate surface area is 126 Å². The lowest BCUT2D eigenvalue weighted by Gasteiger charge is -2.34. The Balaban J connectivity index is 1.71. The molecule has 0 bridgehead atoms. The van der Waals surface area contributed by atoms with E-state index in [9.17, 15) is 4.79 Å². The second-order valence-corrected chi connectivity index (χ2v) is 6.54. The maximum absolute atomic E-state index is 11.9. The lowest BCUT2D eigenvalue weighted by atomic mass is 9.81. The Hall–Kier alpha value is -1.43. The van der Waals surface area contributed by atoms with E-state index in [1.165, 1.54) is 0 Å². The van der Waals surface area contributed by atoms with E-state index in [1.54, 1.807) is 0 Å². The molecule has 1 aliphatic rings. The first-order valence-corrected chi connectivity index (χ1v) is 7.78. The lowest BCUT2D eigenvalue weighted by Crippen LogP contribution is -2.42. The predicted octanol–water partition coefficient (Wildman–Crippen LogP) is 1.63. The summed E-state index contributed by atoms with van der Waals surface area (Å²) in [6.07, 6.45) is 3.11. The Morgan fingerprint density at radius 2 is 2.14 bits per heavy atom. The lowest BCUT2D eigenvalue weighted by molar-refractivity contribution is -0.121. The molecule has 0 atom stereocenters. The standard InChI is InChI=1S/C15H26N4O2/c1-11(2)14-18-13(21-19-14)5-4-12(20)17-10-15(3)6-8-16-9-7-15/h11,16H,4-10H2,1-3H3,(H,17,20). The van der Waals surface area contributed by atoms with Gasteiger partial charge in [-0.05, 0) is 31.3 Å². The molecule has 1 aromatic heterocycles. The molecule has 1 fully saturated rings. The van der Waals surface area contributed by atoms with Crippen LogP contribution in [0.15, 0.2) is 4.52 Å². The summed E-state index contributed by atoms with van der Waals surface area (Å²) < 4.78 is 5.14. The van der Waals surface area contributed by atoms with Crippen LogP contribution in [0.25, 0.3) is 0 Å². The van der Waals surface area contributed by atoms with Crippen LogP contribution in [-0.2, 0) is 11.2 Å². The highest BCUT2D eigenvalue weighted by atomic mass is 16.5. The van der Waals surface area contributed by atoms with Crippen LogP contribution in [0.2, 0.25) is 0 Å². The van der Waals surface area contributed by atoms with Crippen molar-refractivity contribution < 1.29 is 9.32 Å². The van der Waals surface area contributed by atoms with Crippen molar-refractivity contribution in [2.24, 2.45) is 5.41 Å². The normalized spacial score (nSPS) is 17.9. The van der Waals surface area contributed by atoms with E-state index in [1.807, 2.05) is 13.8 Å². The highest BCUT2D eigenvalue weighted by Crippen LogP contribution is 2.26. The molecule has 1 aromatic rings. The summed E-state index contributed by atoms with van der Waals surface area (Å²) in [6.45, 7) is 9.08. The zero-order valence-corrected chi connectivity index (χ0v) is 13.2. The summed E-state index contributed by atoms with van der Waals surface area (Å²) >= 11 is 0. The van der Waals surface area contributed by atoms with E-state index < -0.39 is 0 Å². The fourth-order valence-corrected chi connectivity index (χ4v) is 2.43. The van der Waals surface area contributed by atoms with Crippen molar-refractivity contribution >= 4 is 5.91 Å². The minimum Gasteiger partial charge on any atom is -0.356 e. The summed E-state index contributed by atoms with van der Waals surface area (Å²) in [5.74, 6) is 1.55. The van der Waals surface area contributed by atoms with Gasteiger partial charge in [-0.3, -0.25) is 4.79 Å². The van der Waals surface area contributed by atoms with Crippen LogP contribution in [0.4, 0.5) is 0 Å². The van der Waals surface area contributed by atoms with Gasteiger partial charge in [0.05, 0.1) is 0 Å². The van der Waals surface area contributed by atoms with Gasteiger partial charge in [0.15, 0.2) is 5.82 Å². The molecule has 0 aromatic carbocycles. The number of nitrogens with one attached hydrogen (secondary N) is 2.